The van der Waals surface area contributed by atoms with Crippen LogP contribution in [0.1, 0.15) is 30.3 Å². The zero-order chi connectivity index (χ0) is 14.4. The number of amides is 2. The van der Waals surface area contributed by atoms with Crippen LogP contribution < -0.4 is 11.0 Å². The molecule has 1 aliphatic carbocycles. The molecule has 1 unspecified atom stereocenters. The number of hydrogen-bond donors (Lipinski definition) is 1. The Hall–Kier alpha value is -2.44. The molecule has 104 valence electrons. The quantitative estimate of drug-likeness (QED) is 0.686. The van der Waals surface area contributed by atoms with Gasteiger partial charge in [-0.15, -0.1) is 0 Å². The summed E-state index contributed by atoms with van der Waals surface area (Å²) in [5.41, 5.74) is 0.836. The highest BCUT2D eigenvalue weighted by Gasteiger charge is 2.33. The lowest BCUT2D eigenvalue weighted by Crippen LogP contribution is -2.44. The van der Waals surface area contributed by atoms with E-state index in [1.54, 1.807) is 13.1 Å². The number of imide groups is 1. The lowest BCUT2D eigenvalue weighted by Gasteiger charge is -2.22. The van der Waals surface area contributed by atoms with Gasteiger partial charge in [-0.25, -0.2) is 4.79 Å². The van der Waals surface area contributed by atoms with E-state index in [2.05, 4.69) is 5.32 Å². The van der Waals surface area contributed by atoms with Crippen LogP contribution in [-0.4, -0.2) is 26.7 Å². The minimum atomic E-state index is -0.701. The molecular weight excluding hydrogens is 262 g/mol. The van der Waals surface area contributed by atoms with Crippen molar-refractivity contribution in [1.82, 2.24) is 14.5 Å². The molecule has 1 aromatic rings. The normalized spacial score (nSPS) is 21.9. The van der Waals surface area contributed by atoms with Crippen molar-refractivity contribution in [1.29, 1.82) is 0 Å². The van der Waals surface area contributed by atoms with E-state index in [1.165, 1.54) is 15.2 Å². The summed E-state index contributed by atoms with van der Waals surface area (Å²) in [6.07, 6.45) is 3.62. The van der Waals surface area contributed by atoms with Crippen LogP contribution in [0.5, 0.6) is 0 Å². The summed E-state index contributed by atoms with van der Waals surface area (Å²) in [6, 6.07) is -0.701. The zero-order valence-corrected chi connectivity index (χ0v) is 10.9. The van der Waals surface area contributed by atoms with Crippen molar-refractivity contribution in [2.75, 3.05) is 0 Å². The van der Waals surface area contributed by atoms with Crippen molar-refractivity contribution in [3.63, 3.8) is 0 Å². The molecule has 7 heteroatoms. The number of carbonyl (C=O) groups excluding carboxylic acids is 3. The first kappa shape index (κ1) is 12.6. The summed E-state index contributed by atoms with van der Waals surface area (Å²) in [5.74, 6) is -0.870. The summed E-state index contributed by atoms with van der Waals surface area (Å²) in [7, 11) is 1.58. The van der Waals surface area contributed by atoms with E-state index in [-0.39, 0.29) is 30.2 Å². The van der Waals surface area contributed by atoms with Gasteiger partial charge in [0.2, 0.25) is 11.8 Å². The number of allylic oxidation sites excluding steroid dienone is 1. The van der Waals surface area contributed by atoms with Gasteiger partial charge in [0.05, 0.1) is 17.8 Å². The second-order valence-corrected chi connectivity index (χ2v) is 4.99. The number of rotatable bonds is 1. The first-order chi connectivity index (χ1) is 9.49. The Morgan fingerprint density at radius 3 is 2.65 bits per heavy atom. The van der Waals surface area contributed by atoms with Crippen LogP contribution in [-0.2, 0) is 27.9 Å². The van der Waals surface area contributed by atoms with E-state index in [1.807, 2.05) is 0 Å². The van der Waals surface area contributed by atoms with Gasteiger partial charge in [-0.3, -0.25) is 28.8 Å². The highest BCUT2D eigenvalue weighted by atomic mass is 16.2. The summed E-state index contributed by atoms with van der Waals surface area (Å²) >= 11 is 0. The fourth-order valence-electron chi connectivity index (χ4n) is 2.70. The average Bonchev–Trinajstić information content (AvgIpc) is 2.63. The molecule has 0 saturated carbocycles. The third kappa shape index (κ3) is 1.74. The molecular formula is C13H13N3O4. The molecule has 3 rings (SSSR count). The summed E-state index contributed by atoms with van der Waals surface area (Å²) in [4.78, 5) is 46.9. The molecule has 20 heavy (non-hydrogen) atoms. The molecule has 2 heterocycles. The maximum Gasteiger partial charge on any atom is 0.329 e. The highest BCUT2D eigenvalue weighted by Crippen LogP contribution is 2.24. The van der Waals surface area contributed by atoms with Crippen molar-refractivity contribution in [3.05, 3.63) is 27.9 Å². The zero-order valence-electron chi connectivity index (χ0n) is 10.9. The van der Waals surface area contributed by atoms with Crippen LogP contribution in [0.4, 0.5) is 0 Å². The van der Waals surface area contributed by atoms with Gasteiger partial charge in [0.1, 0.15) is 6.04 Å². The molecule has 1 saturated heterocycles. The number of hydrogen-bond acceptors (Lipinski definition) is 4. The number of nitrogens with one attached hydrogen (secondary N) is 1. The van der Waals surface area contributed by atoms with Gasteiger partial charge in [0, 0.05) is 13.5 Å². The number of fused-ring (bicyclic) bond motifs is 1. The van der Waals surface area contributed by atoms with Crippen LogP contribution >= 0.6 is 0 Å². The van der Waals surface area contributed by atoms with Gasteiger partial charge in [-0.2, -0.15) is 0 Å². The maximum absolute atomic E-state index is 12.3. The summed E-state index contributed by atoms with van der Waals surface area (Å²) in [6.45, 7) is 0. The van der Waals surface area contributed by atoms with Gasteiger partial charge in [-0.1, -0.05) is 0 Å². The Morgan fingerprint density at radius 2 is 1.95 bits per heavy atom. The smallest absolute Gasteiger partial charge is 0.298 e. The Kier molecular flexibility index (Phi) is 2.70. The van der Waals surface area contributed by atoms with Crippen molar-refractivity contribution in [2.24, 2.45) is 7.05 Å². The fourth-order valence-corrected chi connectivity index (χ4v) is 2.70. The first-order valence-corrected chi connectivity index (χ1v) is 6.33. The monoisotopic (exact) mass is 275 g/mol. The Morgan fingerprint density at radius 1 is 1.20 bits per heavy atom. The lowest BCUT2D eigenvalue weighted by molar-refractivity contribution is -0.135. The third-order valence-corrected chi connectivity index (χ3v) is 3.74. The van der Waals surface area contributed by atoms with Crippen LogP contribution in [0.15, 0.2) is 10.9 Å². The third-order valence-electron chi connectivity index (χ3n) is 3.74. The van der Waals surface area contributed by atoms with Gasteiger partial charge >= 0.3 is 5.69 Å². The summed E-state index contributed by atoms with van der Waals surface area (Å²) in [5, 5.41) is 2.24. The minimum Gasteiger partial charge on any atom is -0.298 e. The average molecular weight is 275 g/mol. The molecule has 1 aliphatic heterocycles. The number of ketones is 1. The van der Waals surface area contributed by atoms with Crippen LogP contribution in [0.2, 0.25) is 0 Å². The molecule has 0 bridgehead atoms. The lowest BCUT2D eigenvalue weighted by atomic mass is 10.0. The SMILES string of the molecule is Cn1c2c(n(C3CCC(=O)NC3=O)c1=O)C=CC(=O)C2. The van der Waals surface area contributed by atoms with Crippen LogP contribution in [0.25, 0.3) is 6.08 Å². The molecule has 0 spiro atoms. The topological polar surface area (TPSA) is 90.2 Å². The van der Waals surface area contributed by atoms with E-state index in [9.17, 15) is 19.2 Å². The first-order valence-electron chi connectivity index (χ1n) is 6.33. The number of aromatic nitrogens is 2. The van der Waals surface area contributed by atoms with E-state index >= 15 is 0 Å². The number of nitrogens with zero attached hydrogens (tertiary/aromatic N) is 2. The number of carbonyl (C=O) groups is 3. The van der Waals surface area contributed by atoms with E-state index in [4.69, 9.17) is 0 Å². The van der Waals surface area contributed by atoms with Gasteiger partial charge in [0.15, 0.2) is 5.78 Å². The second kappa shape index (κ2) is 4.29. The Balaban J connectivity index is 2.13. The second-order valence-electron chi connectivity index (χ2n) is 4.99. The molecule has 1 fully saturated rings. The maximum atomic E-state index is 12.3. The van der Waals surface area contributed by atoms with Gasteiger partial charge in [-0.05, 0) is 18.6 Å². The predicted octanol–water partition coefficient (Wildman–Crippen LogP) is -0.697. The van der Waals surface area contributed by atoms with Crippen molar-refractivity contribution in [2.45, 2.75) is 25.3 Å². The Labute approximate surface area is 113 Å². The number of imidazole rings is 1. The molecule has 0 aromatic carbocycles. The molecule has 7 nitrogen and oxygen atoms in total. The van der Waals surface area contributed by atoms with Crippen LogP contribution in [0, 0.1) is 0 Å². The fraction of sp³-hybridized carbons (Fsp3) is 0.385. The largest absolute Gasteiger partial charge is 0.329 e. The molecule has 1 N–H and O–H groups in total. The van der Waals surface area contributed by atoms with Crippen molar-refractivity contribution < 1.29 is 14.4 Å². The molecule has 2 aliphatic rings. The predicted molar refractivity (Wildman–Crippen MR) is 68.8 cm³/mol. The van der Waals surface area contributed by atoms with Gasteiger partial charge in [0.25, 0.3) is 0 Å². The molecule has 1 atom stereocenters. The van der Waals surface area contributed by atoms with Gasteiger partial charge < -0.3 is 0 Å². The van der Waals surface area contributed by atoms with E-state index in [0.717, 1.165) is 0 Å². The Bertz CT molecular complexity index is 723. The number of piperidine rings is 1. The molecule has 1 aromatic heterocycles. The molecule has 2 amide bonds. The van der Waals surface area contributed by atoms with E-state index < -0.39 is 11.9 Å². The molecule has 0 radical (unpaired) electrons. The highest BCUT2D eigenvalue weighted by molar-refractivity contribution is 6.00. The summed E-state index contributed by atoms with van der Waals surface area (Å²) < 4.78 is 2.76. The van der Waals surface area contributed by atoms with Crippen molar-refractivity contribution >= 4 is 23.7 Å². The van der Waals surface area contributed by atoms with Crippen molar-refractivity contribution in [3.8, 4) is 0 Å². The standard InChI is InChI=1S/C13H13N3O4/c1-15-10-6-7(17)2-3-8(10)16(13(15)20)9-4-5-11(18)14-12(9)19/h2-3,9H,4-6H2,1H3,(H,14,18,19). The minimum absolute atomic E-state index is 0.0754. The van der Waals surface area contributed by atoms with Crippen LogP contribution in [0.3, 0.4) is 0 Å². The van der Waals surface area contributed by atoms with E-state index in [0.29, 0.717) is 17.8 Å².